The van der Waals surface area contributed by atoms with Gasteiger partial charge in [-0.3, -0.25) is 9.58 Å². The molecular formula is C10H18N4O. The molecule has 2 rings (SSSR count). The van der Waals surface area contributed by atoms with Crippen LogP contribution in [0.5, 0.6) is 0 Å². The topological polar surface area (TPSA) is 56.3 Å². The molecule has 0 radical (unpaired) electrons. The first-order chi connectivity index (χ1) is 7.29. The summed E-state index contributed by atoms with van der Waals surface area (Å²) in [7, 11) is 1.92. The van der Waals surface area contributed by atoms with Gasteiger partial charge in [0.15, 0.2) is 0 Å². The quantitative estimate of drug-likeness (QED) is 0.747. The third kappa shape index (κ3) is 2.56. The van der Waals surface area contributed by atoms with E-state index in [-0.39, 0.29) is 6.10 Å². The lowest BCUT2D eigenvalue weighted by Crippen LogP contribution is -2.40. The fourth-order valence-electron chi connectivity index (χ4n) is 1.90. The molecule has 1 atom stereocenters. The van der Waals surface area contributed by atoms with Gasteiger partial charge in [-0.05, 0) is 0 Å². The molecule has 1 saturated heterocycles. The molecule has 0 spiro atoms. The zero-order chi connectivity index (χ0) is 10.7. The Hall–Kier alpha value is -0.910. The van der Waals surface area contributed by atoms with Crippen LogP contribution in [0.1, 0.15) is 11.7 Å². The minimum absolute atomic E-state index is 0.152. The van der Waals surface area contributed by atoms with E-state index in [0.29, 0.717) is 6.54 Å². The first kappa shape index (κ1) is 10.6. The number of nitrogens with two attached hydrogens (primary N) is 1. The number of nitrogens with zero attached hydrogens (tertiary/aromatic N) is 3. The summed E-state index contributed by atoms with van der Waals surface area (Å²) in [6, 6.07) is 0. The van der Waals surface area contributed by atoms with E-state index < -0.39 is 0 Å². The maximum absolute atomic E-state index is 5.72. The van der Waals surface area contributed by atoms with Crippen molar-refractivity contribution in [2.24, 2.45) is 12.8 Å². The van der Waals surface area contributed by atoms with Crippen LogP contribution < -0.4 is 5.73 Å². The number of rotatable bonds is 3. The molecule has 0 aromatic carbocycles. The summed E-state index contributed by atoms with van der Waals surface area (Å²) in [6.07, 6.45) is 4.03. The number of aromatic nitrogens is 2. The van der Waals surface area contributed by atoms with Crippen LogP contribution in [-0.2, 0) is 11.8 Å². The van der Waals surface area contributed by atoms with E-state index in [4.69, 9.17) is 10.5 Å². The lowest BCUT2D eigenvalue weighted by Gasteiger charge is -2.32. The molecule has 0 amide bonds. The van der Waals surface area contributed by atoms with Crippen LogP contribution in [0.2, 0.25) is 0 Å². The standard InChI is InChI=1S/C10H18N4O/c1-13-7-9(6-12-13)10-8-14(3-2-11)4-5-15-10/h6-7,10H,2-5,8,11H2,1H3. The molecule has 0 aliphatic carbocycles. The second-order valence-electron chi connectivity index (χ2n) is 3.90. The molecule has 84 valence electrons. The van der Waals surface area contributed by atoms with Crippen LogP contribution in [0.3, 0.4) is 0 Å². The highest BCUT2D eigenvalue weighted by Gasteiger charge is 2.22. The Morgan fingerprint density at radius 1 is 1.67 bits per heavy atom. The van der Waals surface area contributed by atoms with Crippen LogP contribution in [0.4, 0.5) is 0 Å². The normalized spacial score (nSPS) is 23.2. The van der Waals surface area contributed by atoms with Crippen molar-refractivity contribution >= 4 is 0 Å². The Bertz CT molecular complexity index is 310. The summed E-state index contributed by atoms with van der Waals surface area (Å²) in [5.74, 6) is 0. The van der Waals surface area contributed by atoms with Crippen molar-refractivity contribution in [1.29, 1.82) is 0 Å². The van der Waals surface area contributed by atoms with Crippen LogP contribution in [-0.4, -0.2) is 47.5 Å². The SMILES string of the molecule is Cn1cc(C2CN(CCN)CCO2)cn1. The van der Waals surface area contributed by atoms with Gasteiger partial charge in [0.25, 0.3) is 0 Å². The molecule has 1 aliphatic heterocycles. The molecule has 0 bridgehead atoms. The minimum Gasteiger partial charge on any atom is -0.371 e. The van der Waals surface area contributed by atoms with E-state index >= 15 is 0 Å². The zero-order valence-corrected chi connectivity index (χ0v) is 9.09. The van der Waals surface area contributed by atoms with E-state index in [9.17, 15) is 0 Å². The maximum atomic E-state index is 5.72. The third-order valence-corrected chi connectivity index (χ3v) is 2.69. The van der Waals surface area contributed by atoms with Crippen LogP contribution >= 0.6 is 0 Å². The fourth-order valence-corrected chi connectivity index (χ4v) is 1.90. The largest absolute Gasteiger partial charge is 0.371 e. The molecule has 5 heteroatoms. The summed E-state index contributed by atoms with van der Waals surface area (Å²) in [6.45, 7) is 4.33. The Morgan fingerprint density at radius 2 is 2.53 bits per heavy atom. The molecule has 15 heavy (non-hydrogen) atoms. The molecule has 1 unspecified atom stereocenters. The van der Waals surface area contributed by atoms with Gasteiger partial charge < -0.3 is 10.5 Å². The number of morpholine rings is 1. The molecule has 1 aliphatic rings. The molecule has 5 nitrogen and oxygen atoms in total. The summed E-state index contributed by atoms with van der Waals surface area (Å²) < 4.78 is 7.52. The van der Waals surface area contributed by atoms with E-state index in [2.05, 4.69) is 10.00 Å². The average molecular weight is 210 g/mol. The Labute approximate surface area is 89.8 Å². The summed E-state index contributed by atoms with van der Waals surface area (Å²) in [5, 5.41) is 4.16. The predicted octanol–water partition coefficient (Wildman–Crippen LogP) is -0.248. The molecule has 0 saturated carbocycles. The van der Waals surface area contributed by atoms with E-state index in [1.807, 2.05) is 19.4 Å². The molecule has 2 N–H and O–H groups in total. The molecule has 2 heterocycles. The van der Waals surface area contributed by atoms with Gasteiger partial charge in [-0.25, -0.2) is 0 Å². The minimum atomic E-state index is 0.152. The van der Waals surface area contributed by atoms with Gasteiger partial charge in [-0.1, -0.05) is 0 Å². The molecule has 1 aromatic rings. The summed E-state index contributed by atoms with van der Waals surface area (Å²) >= 11 is 0. The van der Waals surface area contributed by atoms with Crippen molar-refractivity contribution in [3.05, 3.63) is 18.0 Å². The highest BCUT2D eigenvalue weighted by molar-refractivity contribution is 5.09. The molecule has 1 aromatic heterocycles. The van der Waals surface area contributed by atoms with Crippen LogP contribution in [0, 0.1) is 0 Å². The van der Waals surface area contributed by atoms with E-state index in [1.54, 1.807) is 4.68 Å². The molecule has 1 fully saturated rings. The Balaban J connectivity index is 1.98. The predicted molar refractivity (Wildman–Crippen MR) is 57.4 cm³/mol. The van der Waals surface area contributed by atoms with Crippen LogP contribution in [0.15, 0.2) is 12.4 Å². The zero-order valence-electron chi connectivity index (χ0n) is 9.09. The van der Waals surface area contributed by atoms with Gasteiger partial charge in [0.2, 0.25) is 0 Å². The highest BCUT2D eigenvalue weighted by atomic mass is 16.5. The van der Waals surface area contributed by atoms with Gasteiger partial charge in [0.05, 0.1) is 18.9 Å². The van der Waals surface area contributed by atoms with Crippen molar-refractivity contribution in [2.45, 2.75) is 6.10 Å². The van der Waals surface area contributed by atoms with Crippen LogP contribution in [0.25, 0.3) is 0 Å². The number of hydrogen-bond donors (Lipinski definition) is 1. The third-order valence-electron chi connectivity index (χ3n) is 2.69. The lowest BCUT2D eigenvalue weighted by atomic mass is 10.1. The van der Waals surface area contributed by atoms with Gasteiger partial charge in [0, 0.05) is 45.0 Å². The smallest absolute Gasteiger partial charge is 0.0982 e. The van der Waals surface area contributed by atoms with E-state index in [0.717, 1.165) is 31.8 Å². The van der Waals surface area contributed by atoms with Crippen molar-refractivity contribution in [3.8, 4) is 0 Å². The summed E-state index contributed by atoms with van der Waals surface area (Å²) in [4.78, 5) is 2.33. The van der Waals surface area contributed by atoms with Gasteiger partial charge in [-0.2, -0.15) is 5.10 Å². The lowest BCUT2D eigenvalue weighted by molar-refractivity contribution is -0.0289. The van der Waals surface area contributed by atoms with Crippen molar-refractivity contribution < 1.29 is 4.74 Å². The van der Waals surface area contributed by atoms with Crippen molar-refractivity contribution in [2.75, 3.05) is 32.8 Å². The van der Waals surface area contributed by atoms with Gasteiger partial charge >= 0.3 is 0 Å². The number of hydrogen-bond acceptors (Lipinski definition) is 4. The first-order valence-corrected chi connectivity index (χ1v) is 5.32. The first-order valence-electron chi connectivity index (χ1n) is 5.32. The highest BCUT2D eigenvalue weighted by Crippen LogP contribution is 2.20. The van der Waals surface area contributed by atoms with Crippen molar-refractivity contribution in [3.63, 3.8) is 0 Å². The number of aryl methyl sites for hydroxylation is 1. The monoisotopic (exact) mass is 210 g/mol. The summed E-state index contributed by atoms with van der Waals surface area (Å²) in [5.41, 5.74) is 6.70. The van der Waals surface area contributed by atoms with E-state index in [1.165, 1.54) is 0 Å². The van der Waals surface area contributed by atoms with Gasteiger partial charge in [-0.15, -0.1) is 0 Å². The second-order valence-corrected chi connectivity index (χ2v) is 3.90. The maximum Gasteiger partial charge on any atom is 0.0982 e. The number of ether oxygens (including phenoxy) is 1. The second kappa shape index (κ2) is 4.74. The fraction of sp³-hybridized carbons (Fsp3) is 0.700. The van der Waals surface area contributed by atoms with Gasteiger partial charge in [0.1, 0.15) is 0 Å². The van der Waals surface area contributed by atoms with Crippen molar-refractivity contribution in [1.82, 2.24) is 14.7 Å². The Kier molecular flexibility index (Phi) is 3.35. The average Bonchev–Trinajstić information content (AvgIpc) is 2.66. The Morgan fingerprint density at radius 3 is 3.20 bits per heavy atom. The molecular weight excluding hydrogens is 192 g/mol.